The lowest BCUT2D eigenvalue weighted by Gasteiger charge is -2.34. The molecule has 1 fully saturated rings. The summed E-state index contributed by atoms with van der Waals surface area (Å²) in [5.74, 6) is 0.870. The largest absolute Gasteiger partial charge is 0.360 e. The molecule has 0 saturated carbocycles. The van der Waals surface area contributed by atoms with Crippen LogP contribution in [0.25, 0.3) is 10.6 Å². The quantitative estimate of drug-likeness (QED) is 0.628. The maximum Gasteiger partial charge on any atom is 0.265 e. The van der Waals surface area contributed by atoms with E-state index < -0.39 is 0 Å². The van der Waals surface area contributed by atoms with Crippen LogP contribution < -0.4 is 5.32 Å². The topological polar surface area (TPSA) is 91.6 Å². The Kier molecular flexibility index (Phi) is 6.35. The lowest BCUT2D eigenvalue weighted by Crippen LogP contribution is -2.50. The zero-order chi connectivity index (χ0) is 22.0. The highest BCUT2D eigenvalue weighted by atomic mass is 35.5. The van der Waals surface area contributed by atoms with Crippen LogP contribution in [0.4, 0.5) is 5.82 Å². The van der Waals surface area contributed by atoms with E-state index in [-0.39, 0.29) is 18.4 Å². The number of hydrogen-bond donors (Lipinski definition) is 1. The van der Waals surface area contributed by atoms with Crippen LogP contribution in [0.2, 0.25) is 5.02 Å². The van der Waals surface area contributed by atoms with E-state index in [4.69, 9.17) is 16.1 Å². The van der Waals surface area contributed by atoms with E-state index in [9.17, 15) is 9.59 Å². The van der Waals surface area contributed by atoms with Gasteiger partial charge in [0.25, 0.3) is 5.91 Å². The fourth-order valence-electron chi connectivity index (χ4n) is 3.40. The van der Waals surface area contributed by atoms with E-state index >= 15 is 0 Å². The molecule has 2 aromatic heterocycles. The average Bonchev–Trinajstić information content (AvgIpc) is 3.33. The van der Waals surface area contributed by atoms with Crippen molar-refractivity contribution in [2.24, 2.45) is 0 Å². The summed E-state index contributed by atoms with van der Waals surface area (Å²) in [6.45, 7) is 6.21. The van der Waals surface area contributed by atoms with Gasteiger partial charge in [0.1, 0.15) is 15.6 Å². The van der Waals surface area contributed by atoms with Gasteiger partial charge >= 0.3 is 0 Å². The molecule has 1 aliphatic heterocycles. The van der Waals surface area contributed by atoms with Crippen molar-refractivity contribution in [3.8, 4) is 10.6 Å². The monoisotopic (exact) mass is 459 g/mol. The number of halogens is 1. The molecule has 0 bridgehead atoms. The zero-order valence-electron chi connectivity index (χ0n) is 17.2. The Morgan fingerprint density at radius 1 is 1.19 bits per heavy atom. The fraction of sp³-hybridized carbons (Fsp3) is 0.333. The number of rotatable bonds is 5. The maximum absolute atomic E-state index is 13.1. The number of benzene rings is 1. The first-order valence-electron chi connectivity index (χ1n) is 9.87. The van der Waals surface area contributed by atoms with Crippen molar-refractivity contribution in [3.63, 3.8) is 0 Å². The van der Waals surface area contributed by atoms with Gasteiger partial charge < -0.3 is 14.7 Å². The number of aromatic nitrogens is 2. The van der Waals surface area contributed by atoms with Crippen LogP contribution in [0.5, 0.6) is 0 Å². The third-order valence-electron chi connectivity index (χ3n) is 4.98. The lowest BCUT2D eigenvalue weighted by atomic mass is 10.2. The molecular weight excluding hydrogens is 438 g/mol. The summed E-state index contributed by atoms with van der Waals surface area (Å²) in [5, 5.41) is 7.90. The molecule has 3 heterocycles. The molecule has 0 atom stereocenters. The van der Waals surface area contributed by atoms with E-state index in [1.54, 1.807) is 13.0 Å². The molecule has 0 radical (unpaired) electrons. The highest BCUT2D eigenvalue weighted by molar-refractivity contribution is 7.17. The summed E-state index contributed by atoms with van der Waals surface area (Å²) in [4.78, 5) is 34.3. The van der Waals surface area contributed by atoms with E-state index in [2.05, 4.69) is 15.5 Å². The Morgan fingerprint density at radius 2 is 1.97 bits per heavy atom. The zero-order valence-corrected chi connectivity index (χ0v) is 18.8. The summed E-state index contributed by atoms with van der Waals surface area (Å²) >= 11 is 7.47. The van der Waals surface area contributed by atoms with Crippen molar-refractivity contribution in [1.29, 1.82) is 0 Å². The second-order valence-electron chi connectivity index (χ2n) is 7.38. The summed E-state index contributed by atoms with van der Waals surface area (Å²) in [6.07, 6.45) is 0. The van der Waals surface area contributed by atoms with Crippen molar-refractivity contribution < 1.29 is 14.1 Å². The first kappa shape index (κ1) is 21.5. The lowest BCUT2D eigenvalue weighted by molar-refractivity contribution is -0.117. The van der Waals surface area contributed by atoms with Crippen LogP contribution in [0.3, 0.4) is 0 Å². The number of anilines is 1. The van der Waals surface area contributed by atoms with Gasteiger partial charge in [0.2, 0.25) is 5.91 Å². The van der Waals surface area contributed by atoms with Crippen molar-refractivity contribution in [1.82, 2.24) is 19.9 Å². The molecule has 0 unspecified atom stereocenters. The van der Waals surface area contributed by atoms with E-state index in [0.717, 1.165) is 16.3 Å². The van der Waals surface area contributed by atoms with Gasteiger partial charge in [-0.05, 0) is 26.0 Å². The second-order valence-corrected chi connectivity index (χ2v) is 8.82. The Morgan fingerprint density at radius 3 is 2.65 bits per heavy atom. The summed E-state index contributed by atoms with van der Waals surface area (Å²) in [7, 11) is 0. The molecule has 0 spiro atoms. The fourth-order valence-corrected chi connectivity index (χ4v) is 4.62. The molecule has 3 aromatic rings. The molecule has 10 heteroatoms. The Labute approximate surface area is 188 Å². The number of hydrogen-bond acceptors (Lipinski definition) is 7. The van der Waals surface area contributed by atoms with E-state index in [1.165, 1.54) is 11.3 Å². The SMILES string of the molecule is Cc1cc(NC(=O)CN2CCN(C(=O)c3sc(-c4cccc(Cl)c4)nc3C)CC2)no1. The summed E-state index contributed by atoms with van der Waals surface area (Å²) < 4.78 is 4.95. The molecular formula is C21H22ClN5O3S. The number of thiazole rings is 1. The molecule has 1 N–H and O–H groups in total. The van der Waals surface area contributed by atoms with Crippen LogP contribution in [0.1, 0.15) is 21.1 Å². The molecule has 4 rings (SSSR count). The molecule has 0 aliphatic carbocycles. The number of carbonyl (C=O) groups is 2. The van der Waals surface area contributed by atoms with Crippen LogP contribution in [-0.2, 0) is 4.79 Å². The van der Waals surface area contributed by atoms with Gasteiger partial charge in [-0.25, -0.2) is 4.98 Å². The predicted molar refractivity (Wildman–Crippen MR) is 120 cm³/mol. The van der Waals surface area contributed by atoms with Crippen molar-refractivity contribution in [2.75, 3.05) is 38.0 Å². The Bertz CT molecular complexity index is 1100. The number of aryl methyl sites for hydroxylation is 2. The van der Waals surface area contributed by atoms with Gasteiger partial charge in [0.05, 0.1) is 12.2 Å². The molecule has 162 valence electrons. The highest BCUT2D eigenvalue weighted by Crippen LogP contribution is 2.30. The van der Waals surface area contributed by atoms with Crippen LogP contribution in [0.15, 0.2) is 34.9 Å². The van der Waals surface area contributed by atoms with Gasteiger partial charge in [-0.3, -0.25) is 14.5 Å². The maximum atomic E-state index is 13.1. The van der Waals surface area contributed by atoms with Crippen LogP contribution in [0, 0.1) is 13.8 Å². The molecule has 1 aromatic carbocycles. The summed E-state index contributed by atoms with van der Waals surface area (Å²) in [5.41, 5.74) is 1.62. The first-order chi connectivity index (χ1) is 14.9. The van der Waals surface area contributed by atoms with Crippen molar-refractivity contribution in [2.45, 2.75) is 13.8 Å². The predicted octanol–water partition coefficient (Wildman–Crippen LogP) is 3.46. The molecule has 31 heavy (non-hydrogen) atoms. The van der Waals surface area contributed by atoms with Crippen molar-refractivity contribution in [3.05, 3.63) is 51.7 Å². The van der Waals surface area contributed by atoms with E-state index in [0.29, 0.717) is 47.7 Å². The smallest absolute Gasteiger partial charge is 0.265 e. The van der Waals surface area contributed by atoms with Gasteiger partial charge in [0, 0.05) is 42.8 Å². The first-order valence-corrected chi connectivity index (χ1v) is 11.1. The Balaban J connectivity index is 1.33. The van der Waals surface area contributed by atoms with Crippen LogP contribution >= 0.6 is 22.9 Å². The van der Waals surface area contributed by atoms with Gasteiger partial charge in [0.15, 0.2) is 5.82 Å². The second kappa shape index (κ2) is 9.17. The number of amides is 2. The van der Waals surface area contributed by atoms with Gasteiger partial charge in [-0.15, -0.1) is 11.3 Å². The van der Waals surface area contributed by atoms with Crippen molar-refractivity contribution >= 4 is 40.6 Å². The minimum Gasteiger partial charge on any atom is -0.360 e. The molecule has 1 aliphatic rings. The van der Waals surface area contributed by atoms with E-state index in [1.807, 2.05) is 41.0 Å². The minimum atomic E-state index is -0.155. The number of nitrogens with zero attached hydrogens (tertiary/aromatic N) is 4. The third kappa shape index (κ3) is 5.12. The van der Waals surface area contributed by atoms with Crippen LogP contribution in [-0.4, -0.2) is 64.5 Å². The molecule has 1 saturated heterocycles. The molecule has 2 amide bonds. The third-order valence-corrected chi connectivity index (χ3v) is 6.41. The number of piperazine rings is 1. The Hall–Kier alpha value is -2.75. The highest BCUT2D eigenvalue weighted by Gasteiger charge is 2.26. The summed E-state index contributed by atoms with van der Waals surface area (Å²) in [6, 6.07) is 9.13. The number of carbonyl (C=O) groups excluding carboxylic acids is 2. The minimum absolute atomic E-state index is 0.0227. The average molecular weight is 460 g/mol. The number of nitrogens with one attached hydrogen (secondary N) is 1. The standard InChI is InChI=1S/C21H22ClN5O3S/c1-13-10-17(25-30-13)24-18(28)12-26-6-8-27(9-7-26)21(29)19-14(2)23-20(31-19)15-4-3-5-16(22)11-15/h3-5,10-11H,6-9,12H2,1-2H3,(H,24,25,28). The van der Waals surface area contributed by atoms with Gasteiger partial charge in [-0.1, -0.05) is 28.9 Å². The molecule has 8 nitrogen and oxygen atoms in total. The van der Waals surface area contributed by atoms with Gasteiger partial charge in [-0.2, -0.15) is 0 Å². The normalized spacial score (nSPS) is 14.6.